The third-order valence-corrected chi connectivity index (χ3v) is 3.48. The zero-order valence-corrected chi connectivity index (χ0v) is 12.5. The number of unbranched alkanes of at least 4 members (excludes halogenated alkanes) is 2. The molecular formula is C16H33N. The Labute approximate surface area is 109 Å². The van der Waals surface area contributed by atoms with Crippen LogP contribution in [0.5, 0.6) is 0 Å². The fourth-order valence-electron chi connectivity index (χ4n) is 2.40. The van der Waals surface area contributed by atoms with Crippen LogP contribution in [0.4, 0.5) is 0 Å². The van der Waals surface area contributed by atoms with E-state index in [1.807, 2.05) is 0 Å². The van der Waals surface area contributed by atoms with Gasteiger partial charge in [-0.05, 0) is 31.7 Å². The van der Waals surface area contributed by atoms with Crippen molar-refractivity contribution in [2.45, 2.75) is 59.3 Å². The predicted molar refractivity (Wildman–Crippen MR) is 79.4 cm³/mol. The van der Waals surface area contributed by atoms with Gasteiger partial charge in [0.2, 0.25) is 0 Å². The van der Waals surface area contributed by atoms with Gasteiger partial charge in [0.25, 0.3) is 0 Å². The minimum Gasteiger partial charge on any atom is -0.306 e. The normalized spacial score (nSPS) is 14.9. The molecule has 0 amide bonds. The fraction of sp³-hybridized carbons (Fsp3) is 0.875. The van der Waals surface area contributed by atoms with E-state index < -0.39 is 0 Å². The average Bonchev–Trinajstić information content (AvgIpc) is 2.31. The van der Waals surface area contributed by atoms with Crippen molar-refractivity contribution in [1.29, 1.82) is 0 Å². The minimum absolute atomic E-state index is 0.679. The van der Waals surface area contributed by atoms with Crippen LogP contribution in [0.1, 0.15) is 59.3 Å². The van der Waals surface area contributed by atoms with Crippen LogP contribution in [0.25, 0.3) is 0 Å². The minimum atomic E-state index is 0.679. The molecule has 2 unspecified atom stereocenters. The standard InChI is InChI=1S/C16H33N/c1-6-9-11-15(4)13-17(5)14-16(8-3)12-10-7-2/h8,15-16H,3,6-7,9-14H2,1-2,4-5H3. The first kappa shape index (κ1) is 16.7. The van der Waals surface area contributed by atoms with E-state index in [0.717, 1.165) is 5.92 Å². The number of hydrogen-bond acceptors (Lipinski definition) is 1. The van der Waals surface area contributed by atoms with Gasteiger partial charge in [-0.15, -0.1) is 6.58 Å². The van der Waals surface area contributed by atoms with Crippen molar-refractivity contribution in [3.05, 3.63) is 12.7 Å². The highest BCUT2D eigenvalue weighted by molar-refractivity contribution is 4.81. The van der Waals surface area contributed by atoms with Crippen LogP contribution in [0.15, 0.2) is 12.7 Å². The zero-order valence-electron chi connectivity index (χ0n) is 12.5. The van der Waals surface area contributed by atoms with E-state index >= 15 is 0 Å². The monoisotopic (exact) mass is 239 g/mol. The summed E-state index contributed by atoms with van der Waals surface area (Å²) in [5, 5.41) is 0. The van der Waals surface area contributed by atoms with Crippen molar-refractivity contribution < 1.29 is 0 Å². The number of hydrogen-bond donors (Lipinski definition) is 0. The lowest BCUT2D eigenvalue weighted by Gasteiger charge is -2.24. The molecule has 0 heterocycles. The molecular weight excluding hydrogens is 206 g/mol. The molecule has 0 aromatic heterocycles. The summed E-state index contributed by atoms with van der Waals surface area (Å²) >= 11 is 0. The molecule has 0 saturated heterocycles. The Hall–Kier alpha value is -0.300. The maximum Gasteiger partial charge on any atom is 0.00413 e. The number of rotatable bonds is 11. The summed E-state index contributed by atoms with van der Waals surface area (Å²) in [5.74, 6) is 1.51. The first-order valence-electron chi connectivity index (χ1n) is 7.45. The van der Waals surface area contributed by atoms with Crippen LogP contribution < -0.4 is 0 Å². The highest BCUT2D eigenvalue weighted by Crippen LogP contribution is 2.14. The average molecular weight is 239 g/mol. The van der Waals surface area contributed by atoms with Crippen LogP contribution in [0.2, 0.25) is 0 Å². The van der Waals surface area contributed by atoms with Gasteiger partial charge in [0.05, 0.1) is 0 Å². The summed E-state index contributed by atoms with van der Waals surface area (Å²) < 4.78 is 0. The lowest BCUT2D eigenvalue weighted by atomic mass is 10.00. The molecule has 0 aliphatic heterocycles. The van der Waals surface area contributed by atoms with Crippen LogP contribution in [-0.4, -0.2) is 25.0 Å². The van der Waals surface area contributed by atoms with Gasteiger partial charge in [-0.3, -0.25) is 0 Å². The van der Waals surface area contributed by atoms with Gasteiger partial charge in [-0.1, -0.05) is 52.5 Å². The SMILES string of the molecule is C=CC(CCCC)CN(C)CC(C)CCCC. The summed E-state index contributed by atoms with van der Waals surface area (Å²) in [6.45, 7) is 13.3. The van der Waals surface area contributed by atoms with Gasteiger partial charge in [0, 0.05) is 13.1 Å². The van der Waals surface area contributed by atoms with Crippen molar-refractivity contribution in [2.24, 2.45) is 11.8 Å². The van der Waals surface area contributed by atoms with Crippen LogP contribution in [0.3, 0.4) is 0 Å². The summed E-state index contributed by atoms with van der Waals surface area (Å²) in [4.78, 5) is 2.49. The molecule has 2 atom stereocenters. The highest BCUT2D eigenvalue weighted by Gasteiger charge is 2.10. The van der Waals surface area contributed by atoms with Gasteiger partial charge in [0.15, 0.2) is 0 Å². The van der Waals surface area contributed by atoms with E-state index in [1.165, 1.54) is 51.6 Å². The second-order valence-electron chi connectivity index (χ2n) is 5.61. The lowest BCUT2D eigenvalue weighted by molar-refractivity contribution is 0.247. The number of nitrogens with zero attached hydrogens (tertiary/aromatic N) is 1. The Morgan fingerprint density at radius 2 is 1.65 bits per heavy atom. The van der Waals surface area contributed by atoms with Crippen molar-refractivity contribution in [1.82, 2.24) is 4.90 Å². The third kappa shape index (κ3) is 9.41. The van der Waals surface area contributed by atoms with E-state index in [-0.39, 0.29) is 0 Å². The molecule has 0 N–H and O–H groups in total. The molecule has 0 radical (unpaired) electrons. The smallest absolute Gasteiger partial charge is 0.00413 e. The van der Waals surface area contributed by atoms with Crippen molar-refractivity contribution >= 4 is 0 Å². The van der Waals surface area contributed by atoms with Crippen LogP contribution in [0, 0.1) is 11.8 Å². The molecule has 0 spiro atoms. The molecule has 1 nitrogen and oxygen atoms in total. The maximum atomic E-state index is 3.97. The first-order valence-corrected chi connectivity index (χ1v) is 7.45. The Bertz CT molecular complexity index is 176. The van der Waals surface area contributed by atoms with E-state index in [9.17, 15) is 0 Å². The van der Waals surface area contributed by atoms with Crippen molar-refractivity contribution in [3.8, 4) is 0 Å². The predicted octanol–water partition coefficient (Wildman–Crippen LogP) is 4.74. The van der Waals surface area contributed by atoms with E-state index in [0.29, 0.717) is 5.92 Å². The molecule has 0 aromatic carbocycles. The van der Waals surface area contributed by atoms with E-state index in [2.05, 4.69) is 45.4 Å². The highest BCUT2D eigenvalue weighted by atomic mass is 15.1. The zero-order chi connectivity index (χ0) is 13.1. The Morgan fingerprint density at radius 3 is 2.18 bits per heavy atom. The molecule has 0 aromatic rings. The van der Waals surface area contributed by atoms with E-state index in [1.54, 1.807) is 0 Å². The summed E-state index contributed by atoms with van der Waals surface area (Å²) in [5.41, 5.74) is 0. The molecule has 0 fully saturated rings. The van der Waals surface area contributed by atoms with Gasteiger partial charge in [-0.2, -0.15) is 0 Å². The van der Waals surface area contributed by atoms with Crippen LogP contribution >= 0.6 is 0 Å². The molecule has 0 rings (SSSR count). The largest absolute Gasteiger partial charge is 0.306 e. The molecule has 0 aliphatic rings. The molecule has 0 saturated carbocycles. The van der Waals surface area contributed by atoms with Crippen LogP contribution in [-0.2, 0) is 0 Å². The van der Waals surface area contributed by atoms with E-state index in [4.69, 9.17) is 0 Å². The molecule has 17 heavy (non-hydrogen) atoms. The van der Waals surface area contributed by atoms with Gasteiger partial charge >= 0.3 is 0 Å². The second-order valence-corrected chi connectivity index (χ2v) is 5.61. The Balaban J connectivity index is 3.80. The summed E-state index contributed by atoms with van der Waals surface area (Å²) in [7, 11) is 2.25. The third-order valence-electron chi connectivity index (χ3n) is 3.48. The topological polar surface area (TPSA) is 3.24 Å². The van der Waals surface area contributed by atoms with Gasteiger partial charge in [0.1, 0.15) is 0 Å². The quantitative estimate of drug-likeness (QED) is 0.471. The molecule has 1 heteroatoms. The van der Waals surface area contributed by atoms with Crippen molar-refractivity contribution in [3.63, 3.8) is 0 Å². The molecule has 102 valence electrons. The van der Waals surface area contributed by atoms with Gasteiger partial charge < -0.3 is 4.90 Å². The molecule has 0 aliphatic carbocycles. The summed E-state index contributed by atoms with van der Waals surface area (Å²) in [6, 6.07) is 0. The first-order chi connectivity index (χ1) is 8.13. The molecule has 0 bridgehead atoms. The summed E-state index contributed by atoms with van der Waals surface area (Å²) in [6.07, 6.45) is 10.1. The Morgan fingerprint density at radius 1 is 1.06 bits per heavy atom. The second kappa shape index (κ2) is 10.8. The maximum absolute atomic E-state index is 3.97. The lowest BCUT2D eigenvalue weighted by Crippen LogP contribution is -2.29. The Kier molecular flexibility index (Phi) is 10.6. The fourth-order valence-corrected chi connectivity index (χ4v) is 2.40. The van der Waals surface area contributed by atoms with Gasteiger partial charge in [-0.25, -0.2) is 0 Å². The van der Waals surface area contributed by atoms with Crippen molar-refractivity contribution in [2.75, 3.05) is 20.1 Å².